The maximum absolute atomic E-state index is 10.6. The third-order valence-electron chi connectivity index (χ3n) is 1.43. The van der Waals surface area contributed by atoms with Gasteiger partial charge in [-0.2, -0.15) is 0 Å². The van der Waals surface area contributed by atoms with Crippen molar-refractivity contribution < 1.29 is 19.3 Å². The Hall–Kier alpha value is -1.97. The lowest BCUT2D eigenvalue weighted by molar-refractivity contribution is -0.207. The molecule has 1 aromatic carbocycles. The molecule has 0 unspecified atom stereocenters. The van der Waals surface area contributed by atoms with E-state index in [0.29, 0.717) is 11.5 Å². The summed E-state index contributed by atoms with van der Waals surface area (Å²) in [7, 11) is 1.54. The molecule has 0 heterocycles. The number of hydrogen-bond donors (Lipinski definition) is 0. The second-order valence-electron chi connectivity index (χ2n) is 2.37. The van der Waals surface area contributed by atoms with Crippen LogP contribution < -0.4 is 9.62 Å². The number of carbonyl (C=O) groups is 1. The SMILES string of the molecule is C=CC(=O)OOc1cccc(OC)c1. The van der Waals surface area contributed by atoms with E-state index >= 15 is 0 Å². The maximum Gasteiger partial charge on any atom is 0.378 e. The molecule has 1 rings (SSSR count). The van der Waals surface area contributed by atoms with Gasteiger partial charge in [0, 0.05) is 12.1 Å². The van der Waals surface area contributed by atoms with Crippen LogP contribution in [0.4, 0.5) is 0 Å². The fraction of sp³-hybridized carbons (Fsp3) is 0.100. The molecular formula is C10H10O4. The van der Waals surface area contributed by atoms with Gasteiger partial charge in [-0.15, -0.1) is 0 Å². The fourth-order valence-electron chi connectivity index (χ4n) is 0.776. The average Bonchev–Trinajstić information content (AvgIpc) is 2.26. The van der Waals surface area contributed by atoms with Crippen LogP contribution in [0.2, 0.25) is 0 Å². The Bertz CT molecular complexity index is 333. The molecule has 0 atom stereocenters. The van der Waals surface area contributed by atoms with E-state index in [1.54, 1.807) is 24.3 Å². The molecule has 74 valence electrons. The van der Waals surface area contributed by atoms with E-state index in [4.69, 9.17) is 9.62 Å². The second kappa shape index (κ2) is 4.91. The monoisotopic (exact) mass is 194 g/mol. The molecule has 1 aromatic rings. The van der Waals surface area contributed by atoms with Crippen LogP contribution in [0.3, 0.4) is 0 Å². The van der Waals surface area contributed by atoms with Crippen molar-refractivity contribution in [3.8, 4) is 11.5 Å². The summed E-state index contributed by atoms with van der Waals surface area (Å²) in [4.78, 5) is 19.7. The van der Waals surface area contributed by atoms with E-state index in [1.807, 2.05) is 0 Å². The van der Waals surface area contributed by atoms with Crippen molar-refractivity contribution in [3.05, 3.63) is 36.9 Å². The highest BCUT2D eigenvalue weighted by atomic mass is 17.2. The van der Waals surface area contributed by atoms with Crippen LogP contribution in [0.5, 0.6) is 11.5 Å². The van der Waals surface area contributed by atoms with Gasteiger partial charge in [-0.05, 0) is 12.1 Å². The summed E-state index contributed by atoms with van der Waals surface area (Å²) < 4.78 is 4.95. The highest BCUT2D eigenvalue weighted by Crippen LogP contribution is 2.18. The van der Waals surface area contributed by atoms with Crippen LogP contribution in [-0.2, 0) is 9.68 Å². The third kappa shape index (κ3) is 2.82. The molecule has 0 saturated heterocycles. The number of benzene rings is 1. The number of ether oxygens (including phenoxy) is 1. The van der Waals surface area contributed by atoms with E-state index in [9.17, 15) is 4.79 Å². The minimum Gasteiger partial charge on any atom is -0.497 e. The molecule has 14 heavy (non-hydrogen) atoms. The molecule has 0 amide bonds. The van der Waals surface area contributed by atoms with Gasteiger partial charge in [-0.3, -0.25) is 4.89 Å². The Morgan fingerprint density at radius 2 is 2.14 bits per heavy atom. The molecule has 4 nitrogen and oxygen atoms in total. The third-order valence-corrected chi connectivity index (χ3v) is 1.43. The van der Waals surface area contributed by atoms with Gasteiger partial charge in [0.15, 0.2) is 5.75 Å². The topological polar surface area (TPSA) is 44.8 Å². The highest BCUT2D eigenvalue weighted by molar-refractivity contribution is 5.80. The van der Waals surface area contributed by atoms with E-state index in [0.717, 1.165) is 6.08 Å². The molecule has 0 aliphatic rings. The number of hydrogen-bond acceptors (Lipinski definition) is 4. The fourth-order valence-corrected chi connectivity index (χ4v) is 0.776. The molecule has 0 aromatic heterocycles. The Morgan fingerprint density at radius 3 is 2.79 bits per heavy atom. The zero-order valence-corrected chi connectivity index (χ0v) is 7.73. The minimum atomic E-state index is -0.646. The van der Waals surface area contributed by atoms with Crippen LogP contribution in [0.1, 0.15) is 0 Å². The Kier molecular flexibility index (Phi) is 3.55. The van der Waals surface area contributed by atoms with Gasteiger partial charge in [0.1, 0.15) is 5.75 Å². The maximum atomic E-state index is 10.6. The van der Waals surface area contributed by atoms with Gasteiger partial charge >= 0.3 is 5.97 Å². The first-order valence-electron chi connectivity index (χ1n) is 3.91. The number of rotatable bonds is 4. The lowest BCUT2D eigenvalue weighted by Gasteiger charge is -2.03. The van der Waals surface area contributed by atoms with Crippen LogP contribution in [0.25, 0.3) is 0 Å². The summed E-state index contributed by atoms with van der Waals surface area (Å²) in [5, 5.41) is 0. The van der Waals surface area contributed by atoms with Crippen molar-refractivity contribution >= 4 is 5.97 Å². The van der Waals surface area contributed by atoms with E-state index < -0.39 is 5.97 Å². The zero-order valence-electron chi connectivity index (χ0n) is 7.73. The molecule has 0 radical (unpaired) electrons. The Labute approximate surface area is 81.6 Å². The molecule has 0 bridgehead atoms. The second-order valence-corrected chi connectivity index (χ2v) is 2.37. The van der Waals surface area contributed by atoms with Gasteiger partial charge in [-0.25, -0.2) is 9.68 Å². The molecule has 0 N–H and O–H groups in total. The summed E-state index contributed by atoms with van der Waals surface area (Å²) in [6, 6.07) is 6.70. The summed E-state index contributed by atoms with van der Waals surface area (Å²) in [5.41, 5.74) is 0. The van der Waals surface area contributed by atoms with Crippen LogP contribution in [0, 0.1) is 0 Å². The Morgan fingerprint density at radius 1 is 1.43 bits per heavy atom. The molecular weight excluding hydrogens is 184 g/mol. The average molecular weight is 194 g/mol. The van der Waals surface area contributed by atoms with Gasteiger partial charge in [0.05, 0.1) is 7.11 Å². The van der Waals surface area contributed by atoms with Gasteiger partial charge in [0.25, 0.3) is 0 Å². The van der Waals surface area contributed by atoms with Crippen LogP contribution in [-0.4, -0.2) is 13.1 Å². The van der Waals surface area contributed by atoms with E-state index in [-0.39, 0.29) is 0 Å². The highest BCUT2D eigenvalue weighted by Gasteiger charge is 2.00. The Balaban J connectivity index is 2.58. The van der Waals surface area contributed by atoms with Crippen molar-refractivity contribution in [1.29, 1.82) is 0 Å². The normalized spacial score (nSPS) is 8.93. The standard InChI is InChI=1S/C10H10O4/c1-3-10(11)14-13-9-6-4-5-8(7-9)12-2/h3-7H,1H2,2H3. The van der Waals surface area contributed by atoms with Crippen molar-refractivity contribution in [2.45, 2.75) is 0 Å². The first kappa shape index (κ1) is 10.1. The predicted octanol–water partition coefficient (Wildman–Crippen LogP) is 1.72. The first-order chi connectivity index (χ1) is 6.76. The molecule has 0 aliphatic carbocycles. The van der Waals surface area contributed by atoms with E-state index in [2.05, 4.69) is 11.5 Å². The quantitative estimate of drug-likeness (QED) is 0.416. The summed E-state index contributed by atoms with van der Waals surface area (Å²) >= 11 is 0. The molecule has 0 saturated carbocycles. The lowest BCUT2D eigenvalue weighted by Crippen LogP contribution is -2.03. The van der Waals surface area contributed by atoms with Gasteiger partial charge < -0.3 is 4.74 Å². The minimum absolute atomic E-state index is 0.388. The predicted molar refractivity (Wildman–Crippen MR) is 49.9 cm³/mol. The van der Waals surface area contributed by atoms with Crippen molar-refractivity contribution in [3.63, 3.8) is 0 Å². The van der Waals surface area contributed by atoms with Crippen molar-refractivity contribution in [1.82, 2.24) is 0 Å². The number of carbonyl (C=O) groups excluding carboxylic acids is 1. The summed E-state index contributed by atoms with van der Waals surface area (Å²) in [6.45, 7) is 3.23. The molecule has 0 aliphatic heterocycles. The zero-order chi connectivity index (χ0) is 10.4. The largest absolute Gasteiger partial charge is 0.497 e. The molecule has 0 fully saturated rings. The van der Waals surface area contributed by atoms with Crippen molar-refractivity contribution in [2.24, 2.45) is 0 Å². The lowest BCUT2D eigenvalue weighted by atomic mass is 10.3. The number of methoxy groups -OCH3 is 1. The van der Waals surface area contributed by atoms with Gasteiger partial charge in [0.2, 0.25) is 0 Å². The van der Waals surface area contributed by atoms with Crippen LogP contribution in [0.15, 0.2) is 36.9 Å². The summed E-state index contributed by atoms with van der Waals surface area (Å²) in [6.07, 6.45) is 1.01. The van der Waals surface area contributed by atoms with E-state index in [1.165, 1.54) is 7.11 Å². The van der Waals surface area contributed by atoms with Crippen LogP contribution >= 0.6 is 0 Å². The van der Waals surface area contributed by atoms with Crippen molar-refractivity contribution in [2.75, 3.05) is 7.11 Å². The molecule has 0 spiro atoms. The molecule has 4 heteroatoms. The smallest absolute Gasteiger partial charge is 0.378 e. The summed E-state index contributed by atoms with van der Waals surface area (Å²) in [5.74, 6) is 0.365. The van der Waals surface area contributed by atoms with Gasteiger partial charge in [-0.1, -0.05) is 12.6 Å². The first-order valence-corrected chi connectivity index (χ1v) is 3.91.